The minimum atomic E-state index is -4.40. The smallest absolute Gasteiger partial charge is 0.332 e. The van der Waals surface area contributed by atoms with E-state index in [-0.39, 0.29) is 30.0 Å². The lowest BCUT2D eigenvalue weighted by Crippen LogP contribution is -2.34. The van der Waals surface area contributed by atoms with E-state index in [1.807, 2.05) is 18.7 Å². The van der Waals surface area contributed by atoms with Gasteiger partial charge in [0.15, 0.2) is 0 Å². The maximum atomic E-state index is 13.3. The molecule has 7 heteroatoms. The minimum Gasteiger partial charge on any atom is -0.332 e. The molecule has 1 aromatic heterocycles. The molecule has 1 fully saturated rings. The van der Waals surface area contributed by atoms with Crippen LogP contribution in [-0.2, 0) is 24.1 Å². The van der Waals surface area contributed by atoms with Gasteiger partial charge in [-0.15, -0.1) is 0 Å². The number of rotatable bonds is 7. The Bertz CT molecular complexity index is 794. The quantitative estimate of drug-likeness (QED) is 0.711. The predicted molar refractivity (Wildman–Crippen MR) is 95.8 cm³/mol. The van der Waals surface area contributed by atoms with E-state index in [0.29, 0.717) is 18.8 Å². The number of halogens is 3. The van der Waals surface area contributed by atoms with Crippen molar-refractivity contribution in [2.24, 2.45) is 5.92 Å². The Morgan fingerprint density at radius 1 is 1.30 bits per heavy atom. The van der Waals surface area contributed by atoms with Crippen LogP contribution in [0.5, 0.6) is 0 Å². The van der Waals surface area contributed by atoms with Crippen LogP contribution < -0.4 is 0 Å². The molecule has 1 amide bonds. The van der Waals surface area contributed by atoms with Crippen molar-refractivity contribution in [2.45, 2.75) is 58.4 Å². The number of hydrogen-bond donors (Lipinski definition) is 0. The Labute approximate surface area is 157 Å². The first-order chi connectivity index (χ1) is 12.8. The van der Waals surface area contributed by atoms with Gasteiger partial charge in [0.05, 0.1) is 12.1 Å². The normalized spacial score (nSPS) is 14.6. The van der Waals surface area contributed by atoms with E-state index in [1.165, 1.54) is 12.1 Å². The van der Waals surface area contributed by atoms with E-state index in [9.17, 15) is 18.0 Å². The van der Waals surface area contributed by atoms with Crippen molar-refractivity contribution in [3.63, 3.8) is 0 Å². The van der Waals surface area contributed by atoms with Gasteiger partial charge in [-0.25, -0.2) is 4.98 Å². The topological polar surface area (TPSA) is 38.1 Å². The van der Waals surface area contributed by atoms with Crippen molar-refractivity contribution in [1.29, 1.82) is 0 Å². The number of nitrogens with zero attached hydrogens (tertiary/aromatic N) is 3. The number of benzene rings is 1. The third-order valence-corrected chi connectivity index (χ3v) is 4.67. The standard InChI is InChI=1S/C20H24F3N3O/c1-14(2)11-19(27)26(16-7-8-16)13-18-24-9-10-25(18)12-15-5-3-4-6-17(15)20(21,22)23/h3-6,9-10,14,16H,7-8,11-13H2,1-2H3. The number of hydrogen-bond acceptors (Lipinski definition) is 2. The van der Waals surface area contributed by atoms with E-state index in [0.717, 1.165) is 18.9 Å². The summed E-state index contributed by atoms with van der Waals surface area (Å²) in [6, 6.07) is 5.79. The molecule has 4 nitrogen and oxygen atoms in total. The Balaban J connectivity index is 1.79. The summed E-state index contributed by atoms with van der Waals surface area (Å²) in [6.45, 7) is 4.40. The van der Waals surface area contributed by atoms with Gasteiger partial charge in [-0.3, -0.25) is 4.79 Å². The van der Waals surface area contributed by atoms with Crippen LogP contribution in [0.15, 0.2) is 36.7 Å². The second-order valence-electron chi connectivity index (χ2n) is 7.48. The van der Waals surface area contributed by atoms with Crippen molar-refractivity contribution in [3.05, 3.63) is 53.6 Å². The molecule has 1 aliphatic carbocycles. The highest BCUT2D eigenvalue weighted by Gasteiger charge is 2.34. The van der Waals surface area contributed by atoms with Crippen molar-refractivity contribution < 1.29 is 18.0 Å². The zero-order chi connectivity index (χ0) is 19.6. The van der Waals surface area contributed by atoms with Crippen LogP contribution in [0.3, 0.4) is 0 Å². The second-order valence-corrected chi connectivity index (χ2v) is 7.48. The van der Waals surface area contributed by atoms with E-state index in [2.05, 4.69) is 4.98 Å². The number of amides is 1. The van der Waals surface area contributed by atoms with Crippen molar-refractivity contribution in [1.82, 2.24) is 14.5 Å². The molecule has 0 saturated heterocycles. The lowest BCUT2D eigenvalue weighted by Gasteiger charge is -2.24. The molecule has 1 aromatic carbocycles. The van der Waals surface area contributed by atoms with Gasteiger partial charge in [0.25, 0.3) is 0 Å². The molecule has 0 bridgehead atoms. The first kappa shape index (κ1) is 19.5. The monoisotopic (exact) mass is 379 g/mol. The molecule has 0 N–H and O–H groups in total. The van der Waals surface area contributed by atoms with Crippen LogP contribution >= 0.6 is 0 Å². The average molecular weight is 379 g/mol. The number of imidazole rings is 1. The van der Waals surface area contributed by atoms with Gasteiger partial charge in [-0.05, 0) is 30.4 Å². The molecular formula is C20H24F3N3O. The molecule has 27 heavy (non-hydrogen) atoms. The molecule has 0 radical (unpaired) electrons. The maximum absolute atomic E-state index is 13.3. The molecule has 0 unspecified atom stereocenters. The van der Waals surface area contributed by atoms with Gasteiger partial charge < -0.3 is 9.47 Å². The Morgan fingerprint density at radius 3 is 2.63 bits per heavy atom. The van der Waals surface area contributed by atoms with Crippen LogP contribution in [0.4, 0.5) is 13.2 Å². The fourth-order valence-electron chi connectivity index (χ4n) is 3.18. The summed E-state index contributed by atoms with van der Waals surface area (Å²) in [6.07, 6.45) is 1.26. The van der Waals surface area contributed by atoms with E-state index in [4.69, 9.17) is 0 Å². The molecule has 1 saturated carbocycles. The third kappa shape index (κ3) is 4.90. The highest BCUT2D eigenvalue weighted by Crippen LogP contribution is 2.33. The van der Waals surface area contributed by atoms with Crippen LogP contribution in [-0.4, -0.2) is 26.4 Å². The largest absolute Gasteiger partial charge is 0.416 e. The Hall–Kier alpha value is -2.31. The molecule has 2 aromatic rings. The predicted octanol–water partition coefficient (Wildman–Crippen LogP) is 4.49. The first-order valence-electron chi connectivity index (χ1n) is 9.20. The molecule has 3 rings (SSSR count). The lowest BCUT2D eigenvalue weighted by molar-refractivity contribution is -0.138. The Kier molecular flexibility index (Phi) is 5.58. The van der Waals surface area contributed by atoms with E-state index in [1.54, 1.807) is 23.0 Å². The minimum absolute atomic E-state index is 0.0713. The third-order valence-electron chi connectivity index (χ3n) is 4.67. The maximum Gasteiger partial charge on any atom is 0.416 e. The van der Waals surface area contributed by atoms with Gasteiger partial charge in [0, 0.05) is 31.4 Å². The summed E-state index contributed by atoms with van der Waals surface area (Å²) in [5.74, 6) is 0.950. The van der Waals surface area contributed by atoms with Crippen molar-refractivity contribution in [3.8, 4) is 0 Å². The van der Waals surface area contributed by atoms with E-state index < -0.39 is 11.7 Å². The number of carbonyl (C=O) groups is 1. The second kappa shape index (κ2) is 7.74. The summed E-state index contributed by atoms with van der Waals surface area (Å²) >= 11 is 0. The first-order valence-corrected chi connectivity index (χ1v) is 9.20. The van der Waals surface area contributed by atoms with Gasteiger partial charge in [-0.2, -0.15) is 13.2 Å². The lowest BCUT2D eigenvalue weighted by atomic mass is 10.1. The van der Waals surface area contributed by atoms with Crippen molar-refractivity contribution >= 4 is 5.91 Å². The fourth-order valence-corrected chi connectivity index (χ4v) is 3.18. The summed E-state index contributed by atoms with van der Waals surface area (Å²) in [4.78, 5) is 18.7. The summed E-state index contributed by atoms with van der Waals surface area (Å²) in [5, 5.41) is 0. The van der Waals surface area contributed by atoms with Gasteiger partial charge >= 0.3 is 6.18 Å². The van der Waals surface area contributed by atoms with Gasteiger partial charge in [0.1, 0.15) is 5.82 Å². The molecule has 0 atom stereocenters. The van der Waals surface area contributed by atoms with Crippen LogP contribution in [0.25, 0.3) is 0 Å². The molecule has 0 aliphatic heterocycles. The van der Waals surface area contributed by atoms with Crippen LogP contribution in [0, 0.1) is 5.92 Å². The summed E-state index contributed by atoms with van der Waals surface area (Å²) in [7, 11) is 0. The number of alkyl halides is 3. The highest BCUT2D eigenvalue weighted by atomic mass is 19.4. The zero-order valence-corrected chi connectivity index (χ0v) is 15.5. The van der Waals surface area contributed by atoms with Gasteiger partial charge in [-0.1, -0.05) is 32.0 Å². The molecule has 146 valence electrons. The van der Waals surface area contributed by atoms with Gasteiger partial charge in [0.2, 0.25) is 5.91 Å². The molecule has 0 spiro atoms. The zero-order valence-electron chi connectivity index (χ0n) is 15.5. The molecular weight excluding hydrogens is 355 g/mol. The Morgan fingerprint density at radius 2 is 2.00 bits per heavy atom. The van der Waals surface area contributed by atoms with Crippen LogP contribution in [0.2, 0.25) is 0 Å². The number of aromatic nitrogens is 2. The number of carbonyl (C=O) groups excluding carboxylic acids is 1. The SMILES string of the molecule is CC(C)CC(=O)N(Cc1nccn1Cc1ccccc1C(F)(F)F)C1CC1. The summed E-state index contributed by atoms with van der Waals surface area (Å²) < 4.78 is 41.5. The summed E-state index contributed by atoms with van der Waals surface area (Å²) in [5.41, 5.74) is -0.449. The fraction of sp³-hybridized carbons (Fsp3) is 0.500. The van der Waals surface area contributed by atoms with Crippen molar-refractivity contribution in [2.75, 3.05) is 0 Å². The molecule has 1 heterocycles. The average Bonchev–Trinajstić information content (AvgIpc) is 3.32. The van der Waals surface area contributed by atoms with Crippen LogP contribution in [0.1, 0.15) is 50.1 Å². The highest BCUT2D eigenvalue weighted by molar-refractivity contribution is 5.77. The van der Waals surface area contributed by atoms with E-state index >= 15 is 0 Å². The molecule has 1 aliphatic rings.